The van der Waals surface area contributed by atoms with Crippen molar-refractivity contribution in [3.05, 3.63) is 42.1 Å². The highest BCUT2D eigenvalue weighted by molar-refractivity contribution is 5.79. The largest absolute Gasteiger partial charge is 0.310 e. The minimum Gasteiger partial charge on any atom is -0.310 e. The van der Waals surface area contributed by atoms with Crippen molar-refractivity contribution in [2.75, 3.05) is 6.54 Å². The van der Waals surface area contributed by atoms with Gasteiger partial charge in [-0.05, 0) is 30.2 Å². The normalized spacial score (nSPS) is 13.1. The van der Waals surface area contributed by atoms with E-state index in [2.05, 4.69) is 55.3 Å². The molecule has 102 valence electrons. The zero-order valence-electron chi connectivity index (χ0n) is 12.2. The Morgan fingerprint density at radius 1 is 1.11 bits per heavy atom. The van der Waals surface area contributed by atoms with Gasteiger partial charge in [0.2, 0.25) is 0 Å². The fourth-order valence-corrected chi connectivity index (χ4v) is 2.81. The van der Waals surface area contributed by atoms with Gasteiger partial charge in [0.15, 0.2) is 0 Å². The second kappa shape index (κ2) is 6.67. The fraction of sp³-hybridized carbons (Fsp3) is 0.471. The highest BCUT2D eigenvalue weighted by Crippen LogP contribution is 2.28. The smallest absolute Gasteiger partial charge is 0.0705 e. The molecule has 1 aromatic heterocycles. The maximum absolute atomic E-state index is 4.47. The van der Waals surface area contributed by atoms with Gasteiger partial charge in [-0.15, -0.1) is 0 Å². The van der Waals surface area contributed by atoms with Crippen molar-refractivity contribution < 1.29 is 0 Å². The number of nitrogens with zero attached hydrogens (tertiary/aromatic N) is 1. The van der Waals surface area contributed by atoms with Gasteiger partial charge in [-0.25, -0.2) is 0 Å². The molecule has 0 spiro atoms. The minimum atomic E-state index is 0.436. The third kappa shape index (κ3) is 3.13. The lowest BCUT2D eigenvalue weighted by Crippen LogP contribution is -2.27. The Morgan fingerprint density at radius 2 is 1.89 bits per heavy atom. The topological polar surface area (TPSA) is 24.9 Å². The fourth-order valence-electron chi connectivity index (χ4n) is 2.81. The molecule has 0 saturated carbocycles. The molecule has 1 N–H and O–H groups in total. The van der Waals surface area contributed by atoms with Crippen molar-refractivity contribution >= 4 is 10.9 Å². The van der Waals surface area contributed by atoms with E-state index < -0.39 is 0 Å². The highest BCUT2D eigenvalue weighted by atomic mass is 14.9. The third-order valence-electron chi connectivity index (χ3n) is 3.93. The first-order valence-corrected chi connectivity index (χ1v) is 7.38. The molecule has 2 nitrogen and oxygen atoms in total. The average molecular weight is 256 g/mol. The van der Waals surface area contributed by atoms with Crippen LogP contribution in [0.1, 0.15) is 45.2 Å². The second-order valence-corrected chi connectivity index (χ2v) is 5.07. The van der Waals surface area contributed by atoms with E-state index in [1.165, 1.54) is 23.8 Å². The van der Waals surface area contributed by atoms with Crippen molar-refractivity contribution in [1.82, 2.24) is 10.3 Å². The van der Waals surface area contributed by atoms with Crippen LogP contribution in [-0.2, 0) is 0 Å². The Kier molecular flexibility index (Phi) is 4.92. The van der Waals surface area contributed by atoms with Crippen LogP contribution in [0.5, 0.6) is 0 Å². The molecular weight excluding hydrogens is 232 g/mol. The van der Waals surface area contributed by atoms with Gasteiger partial charge in [-0.2, -0.15) is 0 Å². The molecule has 0 amide bonds. The monoisotopic (exact) mass is 256 g/mol. The van der Waals surface area contributed by atoms with E-state index in [-0.39, 0.29) is 0 Å². The molecule has 1 aromatic carbocycles. The Bertz CT molecular complexity index is 517. The number of fused-ring (bicyclic) bond motifs is 1. The van der Waals surface area contributed by atoms with Gasteiger partial charge in [-0.1, -0.05) is 51.8 Å². The molecular formula is C17H24N2. The number of benzene rings is 1. The molecule has 1 heterocycles. The summed E-state index contributed by atoms with van der Waals surface area (Å²) in [6.07, 6.45) is 4.27. The van der Waals surface area contributed by atoms with Gasteiger partial charge in [-0.3, -0.25) is 4.98 Å². The van der Waals surface area contributed by atoms with Gasteiger partial charge in [0.05, 0.1) is 5.52 Å². The van der Waals surface area contributed by atoms with E-state index in [9.17, 15) is 0 Å². The zero-order valence-corrected chi connectivity index (χ0v) is 12.2. The number of hydrogen-bond acceptors (Lipinski definition) is 2. The van der Waals surface area contributed by atoms with Crippen LogP contribution in [0.4, 0.5) is 0 Å². The quantitative estimate of drug-likeness (QED) is 0.832. The summed E-state index contributed by atoms with van der Waals surface area (Å²) in [4.78, 5) is 4.47. The minimum absolute atomic E-state index is 0.436. The molecule has 1 unspecified atom stereocenters. The Labute approximate surface area is 116 Å². The van der Waals surface area contributed by atoms with E-state index in [0.717, 1.165) is 12.1 Å². The molecule has 0 fully saturated rings. The first-order chi connectivity index (χ1) is 9.30. The van der Waals surface area contributed by atoms with Gasteiger partial charge in [0.1, 0.15) is 0 Å². The molecule has 0 bridgehead atoms. The lowest BCUT2D eigenvalue weighted by molar-refractivity contribution is 0.347. The first kappa shape index (κ1) is 14.0. The summed E-state index contributed by atoms with van der Waals surface area (Å²) in [7, 11) is 0. The van der Waals surface area contributed by atoms with Crippen molar-refractivity contribution in [1.29, 1.82) is 0 Å². The molecule has 0 saturated heterocycles. The molecule has 0 radical (unpaired) electrons. The van der Waals surface area contributed by atoms with Crippen molar-refractivity contribution in [3.63, 3.8) is 0 Å². The average Bonchev–Trinajstić information content (AvgIpc) is 2.47. The molecule has 0 aliphatic carbocycles. The molecule has 19 heavy (non-hydrogen) atoms. The molecule has 0 aliphatic heterocycles. The summed E-state index contributed by atoms with van der Waals surface area (Å²) in [5.74, 6) is 0.682. The van der Waals surface area contributed by atoms with Gasteiger partial charge < -0.3 is 5.32 Å². The molecule has 1 atom stereocenters. The van der Waals surface area contributed by atoms with Crippen LogP contribution in [0, 0.1) is 5.92 Å². The van der Waals surface area contributed by atoms with Crippen LogP contribution in [0.25, 0.3) is 10.9 Å². The Morgan fingerprint density at radius 3 is 2.58 bits per heavy atom. The third-order valence-corrected chi connectivity index (χ3v) is 3.93. The predicted molar refractivity (Wildman–Crippen MR) is 82.2 cm³/mol. The maximum Gasteiger partial charge on any atom is 0.0705 e. The van der Waals surface area contributed by atoms with Crippen LogP contribution in [-0.4, -0.2) is 11.5 Å². The SMILES string of the molecule is CCNC(c1ccc2cccnc2c1)C(CC)CC. The first-order valence-electron chi connectivity index (χ1n) is 7.38. The van der Waals surface area contributed by atoms with E-state index >= 15 is 0 Å². The summed E-state index contributed by atoms with van der Waals surface area (Å²) in [6.45, 7) is 7.73. The Hall–Kier alpha value is -1.41. The summed E-state index contributed by atoms with van der Waals surface area (Å²) >= 11 is 0. The number of pyridine rings is 1. The molecule has 2 rings (SSSR count). The predicted octanol–water partition coefficient (Wildman–Crippen LogP) is 4.32. The number of rotatable bonds is 6. The van der Waals surface area contributed by atoms with Crippen molar-refractivity contribution in [2.24, 2.45) is 5.92 Å². The number of nitrogens with one attached hydrogen (secondary N) is 1. The van der Waals surface area contributed by atoms with Crippen LogP contribution in [0.15, 0.2) is 36.5 Å². The van der Waals surface area contributed by atoms with E-state index in [1.807, 2.05) is 12.3 Å². The highest BCUT2D eigenvalue weighted by Gasteiger charge is 2.19. The van der Waals surface area contributed by atoms with Crippen molar-refractivity contribution in [3.8, 4) is 0 Å². The summed E-state index contributed by atoms with van der Waals surface area (Å²) in [6, 6.07) is 11.2. The van der Waals surface area contributed by atoms with Crippen LogP contribution >= 0.6 is 0 Å². The number of hydrogen-bond donors (Lipinski definition) is 1. The number of aromatic nitrogens is 1. The summed E-state index contributed by atoms with van der Waals surface area (Å²) in [5, 5.41) is 4.85. The lowest BCUT2D eigenvalue weighted by Gasteiger charge is -2.26. The molecule has 0 aliphatic rings. The van der Waals surface area contributed by atoms with Gasteiger partial charge >= 0.3 is 0 Å². The maximum atomic E-state index is 4.47. The van der Waals surface area contributed by atoms with Gasteiger partial charge in [0.25, 0.3) is 0 Å². The lowest BCUT2D eigenvalue weighted by atomic mass is 9.88. The standard InChI is InChI=1S/C17H24N2/c1-4-13(5-2)17(18-6-3)15-10-9-14-8-7-11-19-16(14)12-15/h7-13,17-18H,4-6H2,1-3H3. The van der Waals surface area contributed by atoms with Crippen molar-refractivity contribution in [2.45, 2.75) is 39.7 Å². The molecule has 2 heteroatoms. The molecule has 2 aromatic rings. The van der Waals surface area contributed by atoms with Crippen LogP contribution < -0.4 is 5.32 Å². The Balaban J connectivity index is 2.37. The van der Waals surface area contributed by atoms with E-state index in [0.29, 0.717) is 12.0 Å². The van der Waals surface area contributed by atoms with Crippen LogP contribution in [0.2, 0.25) is 0 Å². The zero-order chi connectivity index (χ0) is 13.7. The van der Waals surface area contributed by atoms with E-state index in [1.54, 1.807) is 0 Å². The second-order valence-electron chi connectivity index (χ2n) is 5.07. The van der Waals surface area contributed by atoms with E-state index in [4.69, 9.17) is 0 Å². The summed E-state index contributed by atoms with van der Waals surface area (Å²) < 4.78 is 0. The summed E-state index contributed by atoms with van der Waals surface area (Å²) in [5.41, 5.74) is 2.45. The van der Waals surface area contributed by atoms with Crippen LogP contribution in [0.3, 0.4) is 0 Å². The van der Waals surface area contributed by atoms with Gasteiger partial charge in [0, 0.05) is 17.6 Å².